The molecule has 2 atom stereocenters. The molecule has 3 nitrogen and oxygen atoms in total. The van der Waals surface area contributed by atoms with Crippen molar-refractivity contribution in [2.45, 2.75) is 33.0 Å². The van der Waals surface area contributed by atoms with Gasteiger partial charge in [-0.3, -0.25) is 0 Å². The van der Waals surface area contributed by atoms with Crippen LogP contribution in [-0.4, -0.2) is 17.2 Å². The number of rotatable bonds is 4. The van der Waals surface area contributed by atoms with Crippen molar-refractivity contribution in [3.05, 3.63) is 48.0 Å². The molecule has 19 heavy (non-hydrogen) atoms. The predicted octanol–water partition coefficient (Wildman–Crippen LogP) is 3.94. The smallest absolute Gasteiger partial charge is 0.405 e. The summed E-state index contributed by atoms with van der Waals surface area (Å²) in [5, 5.41) is 11.0. The molecule has 0 unspecified atom stereocenters. The third-order valence-electron chi connectivity index (χ3n) is 2.53. The molecule has 0 aromatic heterocycles. The molecule has 0 aliphatic heterocycles. The lowest BCUT2D eigenvalue weighted by atomic mass is 9.94. The van der Waals surface area contributed by atoms with E-state index in [2.05, 4.69) is 5.32 Å². The fourth-order valence-corrected chi connectivity index (χ4v) is 1.60. The first-order chi connectivity index (χ1) is 8.79. The number of allylic oxidation sites excluding steroid dienone is 1. The van der Waals surface area contributed by atoms with Gasteiger partial charge >= 0.3 is 6.09 Å². The van der Waals surface area contributed by atoms with Gasteiger partial charge in [0.1, 0.15) is 6.17 Å². The molecule has 4 heteroatoms. The van der Waals surface area contributed by atoms with Gasteiger partial charge in [0.25, 0.3) is 0 Å². The lowest BCUT2D eigenvalue weighted by Crippen LogP contribution is -2.35. The molecule has 0 aliphatic carbocycles. The first-order valence-corrected chi connectivity index (χ1v) is 6.17. The Balaban J connectivity index is 2.91. The summed E-state index contributed by atoms with van der Waals surface area (Å²) in [6, 6.07) is 7.65. The molecule has 0 radical (unpaired) electrons. The van der Waals surface area contributed by atoms with Crippen LogP contribution in [0.5, 0.6) is 0 Å². The van der Waals surface area contributed by atoms with Crippen LogP contribution < -0.4 is 5.32 Å². The normalized spacial score (nSPS) is 15.2. The SMILES string of the molecule is CC(C)(C)C=C[C@@H](NC(=O)O)[C@H](F)c1ccccc1. The Kier molecular flexibility index (Phi) is 5.10. The van der Waals surface area contributed by atoms with Gasteiger partial charge in [-0.05, 0) is 11.0 Å². The van der Waals surface area contributed by atoms with E-state index >= 15 is 0 Å². The number of amides is 1. The zero-order valence-electron chi connectivity index (χ0n) is 11.4. The van der Waals surface area contributed by atoms with Gasteiger partial charge in [0, 0.05) is 0 Å². The van der Waals surface area contributed by atoms with Crippen molar-refractivity contribution in [1.82, 2.24) is 5.32 Å². The molecule has 0 spiro atoms. The first kappa shape index (κ1) is 15.2. The molecule has 1 amide bonds. The number of alkyl halides is 1. The number of nitrogens with one attached hydrogen (secondary N) is 1. The second kappa shape index (κ2) is 6.36. The average Bonchev–Trinajstić information content (AvgIpc) is 2.33. The zero-order chi connectivity index (χ0) is 14.5. The van der Waals surface area contributed by atoms with Crippen LogP contribution in [-0.2, 0) is 0 Å². The maximum atomic E-state index is 14.4. The molecule has 104 valence electrons. The Morgan fingerprint density at radius 1 is 1.32 bits per heavy atom. The van der Waals surface area contributed by atoms with Gasteiger partial charge in [0.15, 0.2) is 0 Å². The van der Waals surface area contributed by atoms with Gasteiger partial charge in [-0.15, -0.1) is 0 Å². The molecule has 1 aromatic rings. The Bertz CT molecular complexity index is 437. The summed E-state index contributed by atoms with van der Waals surface area (Å²) in [7, 11) is 0. The minimum atomic E-state index is -1.41. The quantitative estimate of drug-likeness (QED) is 0.810. The predicted molar refractivity (Wildman–Crippen MR) is 73.8 cm³/mol. The Labute approximate surface area is 113 Å². The lowest BCUT2D eigenvalue weighted by Gasteiger charge is -2.20. The summed E-state index contributed by atoms with van der Waals surface area (Å²) in [4.78, 5) is 10.8. The number of carbonyl (C=O) groups is 1. The summed E-state index contributed by atoms with van der Waals surface area (Å²) in [6.45, 7) is 5.91. The van der Waals surface area contributed by atoms with Gasteiger partial charge in [0.2, 0.25) is 0 Å². The number of halogens is 1. The standard InChI is InChI=1S/C15H20FNO2/c1-15(2,3)10-9-12(17-14(18)19)13(16)11-7-5-4-6-8-11/h4-10,12-13,17H,1-3H3,(H,18,19)/t12-,13-/m1/s1. The maximum absolute atomic E-state index is 14.4. The summed E-state index contributed by atoms with van der Waals surface area (Å²) in [6.07, 6.45) is 0.743. The zero-order valence-corrected chi connectivity index (χ0v) is 11.4. The van der Waals surface area contributed by atoms with Crippen LogP contribution in [0.1, 0.15) is 32.5 Å². The highest BCUT2D eigenvalue weighted by atomic mass is 19.1. The van der Waals surface area contributed by atoms with Crippen molar-refractivity contribution < 1.29 is 14.3 Å². The van der Waals surface area contributed by atoms with E-state index in [1.54, 1.807) is 36.4 Å². The van der Waals surface area contributed by atoms with Gasteiger partial charge in [-0.25, -0.2) is 9.18 Å². The summed E-state index contributed by atoms with van der Waals surface area (Å²) in [5.41, 5.74) is 0.328. The molecular formula is C15H20FNO2. The van der Waals surface area contributed by atoms with Gasteiger partial charge in [-0.1, -0.05) is 63.3 Å². The second-order valence-corrected chi connectivity index (χ2v) is 5.51. The average molecular weight is 265 g/mol. The minimum absolute atomic E-state index is 0.130. The molecule has 0 saturated heterocycles. The molecular weight excluding hydrogens is 245 g/mol. The lowest BCUT2D eigenvalue weighted by molar-refractivity contribution is 0.182. The van der Waals surface area contributed by atoms with E-state index < -0.39 is 18.3 Å². The van der Waals surface area contributed by atoms with Crippen LogP contribution in [0, 0.1) is 5.41 Å². The van der Waals surface area contributed by atoms with Crippen LogP contribution in [0.4, 0.5) is 9.18 Å². The van der Waals surface area contributed by atoms with E-state index in [9.17, 15) is 9.18 Å². The number of carboxylic acid groups (broad SMARTS) is 1. The first-order valence-electron chi connectivity index (χ1n) is 6.17. The molecule has 0 heterocycles. The van der Waals surface area contributed by atoms with E-state index in [0.29, 0.717) is 5.56 Å². The molecule has 0 aliphatic rings. The number of hydrogen-bond acceptors (Lipinski definition) is 1. The van der Waals surface area contributed by atoms with Crippen LogP contribution in [0.25, 0.3) is 0 Å². The van der Waals surface area contributed by atoms with Crippen molar-refractivity contribution >= 4 is 6.09 Å². The highest BCUT2D eigenvalue weighted by Crippen LogP contribution is 2.24. The largest absolute Gasteiger partial charge is 0.465 e. The van der Waals surface area contributed by atoms with Crippen molar-refractivity contribution in [1.29, 1.82) is 0 Å². The van der Waals surface area contributed by atoms with Gasteiger partial charge in [0.05, 0.1) is 6.04 Å². The van der Waals surface area contributed by atoms with E-state index in [4.69, 9.17) is 5.11 Å². The van der Waals surface area contributed by atoms with Gasteiger partial charge < -0.3 is 10.4 Å². The Morgan fingerprint density at radius 2 is 1.89 bits per heavy atom. The van der Waals surface area contributed by atoms with Crippen molar-refractivity contribution in [3.8, 4) is 0 Å². The molecule has 0 bridgehead atoms. The van der Waals surface area contributed by atoms with Crippen molar-refractivity contribution in [2.24, 2.45) is 5.41 Å². The van der Waals surface area contributed by atoms with Crippen LogP contribution in [0.2, 0.25) is 0 Å². The Morgan fingerprint density at radius 3 is 2.37 bits per heavy atom. The third kappa shape index (κ3) is 5.55. The van der Waals surface area contributed by atoms with E-state index in [-0.39, 0.29) is 5.41 Å². The Hall–Kier alpha value is -1.84. The topological polar surface area (TPSA) is 49.3 Å². The van der Waals surface area contributed by atoms with E-state index in [1.807, 2.05) is 26.8 Å². The van der Waals surface area contributed by atoms with Crippen molar-refractivity contribution in [3.63, 3.8) is 0 Å². The highest BCUT2D eigenvalue weighted by molar-refractivity contribution is 5.65. The van der Waals surface area contributed by atoms with Crippen LogP contribution in [0.15, 0.2) is 42.5 Å². The van der Waals surface area contributed by atoms with E-state index in [1.165, 1.54) is 0 Å². The summed E-state index contributed by atoms with van der Waals surface area (Å²) in [5.74, 6) is 0. The molecule has 2 N–H and O–H groups in total. The molecule has 1 aromatic carbocycles. The number of benzene rings is 1. The second-order valence-electron chi connectivity index (χ2n) is 5.51. The van der Waals surface area contributed by atoms with Crippen LogP contribution in [0.3, 0.4) is 0 Å². The molecule has 0 saturated carbocycles. The van der Waals surface area contributed by atoms with Crippen LogP contribution >= 0.6 is 0 Å². The summed E-state index contributed by atoms with van der Waals surface area (Å²) >= 11 is 0. The van der Waals surface area contributed by atoms with E-state index in [0.717, 1.165) is 0 Å². The fourth-order valence-electron chi connectivity index (χ4n) is 1.60. The monoisotopic (exact) mass is 265 g/mol. The maximum Gasteiger partial charge on any atom is 0.405 e. The third-order valence-corrected chi connectivity index (χ3v) is 2.53. The fraction of sp³-hybridized carbons (Fsp3) is 0.400. The minimum Gasteiger partial charge on any atom is -0.465 e. The molecule has 0 fully saturated rings. The summed E-state index contributed by atoms with van der Waals surface area (Å²) < 4.78 is 14.4. The van der Waals surface area contributed by atoms with Crippen molar-refractivity contribution in [2.75, 3.05) is 0 Å². The molecule has 1 rings (SSSR count). The number of hydrogen-bond donors (Lipinski definition) is 2. The highest BCUT2D eigenvalue weighted by Gasteiger charge is 2.22. The van der Waals surface area contributed by atoms with Gasteiger partial charge in [-0.2, -0.15) is 0 Å².